The van der Waals surface area contributed by atoms with Crippen LogP contribution in [-0.4, -0.2) is 31.0 Å². The van der Waals surface area contributed by atoms with Crippen LogP contribution in [0.1, 0.15) is 23.0 Å². The minimum absolute atomic E-state index is 0.188. The summed E-state index contributed by atoms with van der Waals surface area (Å²) in [5, 5.41) is 19.5. The van der Waals surface area contributed by atoms with Crippen LogP contribution in [0.2, 0.25) is 0 Å². The third-order valence-electron chi connectivity index (χ3n) is 5.97. The molecular formula is C24H20N6. The van der Waals surface area contributed by atoms with Gasteiger partial charge < -0.3 is 5.32 Å². The lowest BCUT2D eigenvalue weighted by Crippen LogP contribution is -2.17. The number of hydrogen-bond donors (Lipinski definition) is 1. The number of aryl methyl sites for hydroxylation is 1. The van der Waals surface area contributed by atoms with Crippen LogP contribution in [-0.2, 0) is 0 Å². The predicted molar refractivity (Wildman–Crippen MR) is 118 cm³/mol. The number of rotatable bonds is 2. The highest BCUT2D eigenvalue weighted by molar-refractivity contribution is 5.88. The van der Waals surface area contributed by atoms with Crippen LogP contribution in [0.4, 0.5) is 5.82 Å². The number of hydrogen-bond acceptors (Lipinski definition) is 5. The molecule has 3 heterocycles. The number of aromatic nitrogens is 5. The molecule has 4 aromatic rings. The van der Waals surface area contributed by atoms with Crippen molar-refractivity contribution in [1.82, 2.24) is 25.0 Å². The molecule has 6 heteroatoms. The van der Waals surface area contributed by atoms with E-state index >= 15 is 0 Å². The van der Waals surface area contributed by atoms with Gasteiger partial charge in [-0.05, 0) is 36.2 Å². The third kappa shape index (κ3) is 2.50. The van der Waals surface area contributed by atoms with Gasteiger partial charge in [0.15, 0.2) is 5.82 Å². The SMILES string of the molecule is Cc1nn(-c2nnc3c(n2)NC2C=CC=CC32)c(C)c1-c1ccc2ccccc2c1. The Bertz CT molecular complexity index is 1360. The quantitative estimate of drug-likeness (QED) is 0.544. The lowest BCUT2D eigenvalue weighted by atomic mass is 9.96. The van der Waals surface area contributed by atoms with Crippen molar-refractivity contribution in [3.8, 4) is 17.1 Å². The highest BCUT2D eigenvalue weighted by atomic mass is 15.4. The largest absolute Gasteiger partial charge is 0.361 e. The molecule has 6 rings (SSSR count). The molecule has 2 unspecified atom stereocenters. The van der Waals surface area contributed by atoms with Gasteiger partial charge in [0.05, 0.1) is 17.4 Å². The molecule has 0 radical (unpaired) electrons. The minimum Gasteiger partial charge on any atom is -0.361 e. The molecule has 1 N–H and O–H groups in total. The summed E-state index contributed by atoms with van der Waals surface area (Å²) in [6.07, 6.45) is 8.37. The zero-order valence-corrected chi connectivity index (χ0v) is 16.7. The predicted octanol–water partition coefficient (Wildman–Crippen LogP) is 4.50. The summed E-state index contributed by atoms with van der Waals surface area (Å²) in [4.78, 5) is 4.75. The number of anilines is 1. The zero-order valence-electron chi connectivity index (χ0n) is 16.7. The van der Waals surface area contributed by atoms with Crippen molar-refractivity contribution in [2.24, 2.45) is 0 Å². The fraction of sp³-hybridized carbons (Fsp3) is 0.167. The van der Waals surface area contributed by atoms with E-state index in [0.29, 0.717) is 5.95 Å². The Balaban J connectivity index is 1.43. The van der Waals surface area contributed by atoms with Crippen LogP contribution in [0.3, 0.4) is 0 Å². The second-order valence-corrected chi connectivity index (χ2v) is 7.83. The first-order valence-corrected chi connectivity index (χ1v) is 10.1. The number of nitrogens with zero attached hydrogens (tertiary/aromatic N) is 5. The van der Waals surface area contributed by atoms with Crippen molar-refractivity contribution < 1.29 is 0 Å². The molecule has 0 fully saturated rings. The molecule has 0 saturated carbocycles. The molecule has 2 aromatic heterocycles. The first-order valence-electron chi connectivity index (χ1n) is 10.1. The van der Waals surface area contributed by atoms with Crippen molar-refractivity contribution in [2.45, 2.75) is 25.8 Å². The molecule has 1 aliphatic heterocycles. The summed E-state index contributed by atoms with van der Waals surface area (Å²) in [6.45, 7) is 4.08. The highest BCUT2D eigenvalue weighted by Gasteiger charge is 2.33. The van der Waals surface area contributed by atoms with Gasteiger partial charge in [-0.1, -0.05) is 60.7 Å². The average Bonchev–Trinajstić information content (AvgIpc) is 3.29. The van der Waals surface area contributed by atoms with E-state index in [-0.39, 0.29) is 12.0 Å². The van der Waals surface area contributed by atoms with Crippen molar-refractivity contribution in [1.29, 1.82) is 0 Å². The summed E-state index contributed by atoms with van der Waals surface area (Å²) in [5.74, 6) is 1.46. The van der Waals surface area contributed by atoms with Gasteiger partial charge in [0, 0.05) is 11.5 Å². The minimum atomic E-state index is 0.188. The van der Waals surface area contributed by atoms with Crippen molar-refractivity contribution >= 4 is 16.6 Å². The number of benzene rings is 2. The molecular weight excluding hydrogens is 372 g/mol. The van der Waals surface area contributed by atoms with Crippen molar-refractivity contribution in [3.63, 3.8) is 0 Å². The first-order chi connectivity index (χ1) is 14.7. The lowest BCUT2D eigenvalue weighted by molar-refractivity contribution is 0.724. The molecule has 30 heavy (non-hydrogen) atoms. The maximum absolute atomic E-state index is 4.75. The number of allylic oxidation sites excluding steroid dienone is 2. The Morgan fingerprint density at radius 2 is 1.77 bits per heavy atom. The van der Waals surface area contributed by atoms with E-state index in [1.165, 1.54) is 10.8 Å². The van der Waals surface area contributed by atoms with E-state index in [1.54, 1.807) is 4.68 Å². The van der Waals surface area contributed by atoms with Crippen molar-refractivity contribution in [2.75, 3.05) is 5.32 Å². The summed E-state index contributed by atoms with van der Waals surface area (Å²) in [7, 11) is 0. The molecule has 2 aromatic carbocycles. The van der Waals surface area contributed by atoms with Gasteiger partial charge in [-0.2, -0.15) is 10.1 Å². The van der Waals surface area contributed by atoms with Gasteiger partial charge in [-0.25, -0.2) is 4.68 Å². The molecule has 0 spiro atoms. The van der Waals surface area contributed by atoms with E-state index in [4.69, 9.17) is 10.1 Å². The van der Waals surface area contributed by atoms with Gasteiger partial charge in [-0.3, -0.25) is 0 Å². The fourth-order valence-corrected chi connectivity index (χ4v) is 4.51. The second-order valence-electron chi connectivity index (χ2n) is 7.83. The van der Waals surface area contributed by atoms with E-state index in [0.717, 1.165) is 34.0 Å². The van der Waals surface area contributed by atoms with Gasteiger partial charge >= 0.3 is 0 Å². The van der Waals surface area contributed by atoms with Crippen LogP contribution in [0.25, 0.3) is 27.8 Å². The van der Waals surface area contributed by atoms with E-state index in [1.807, 2.05) is 19.1 Å². The molecule has 2 aliphatic rings. The standard InChI is InChI=1S/C24H20N6/c1-14-21(18-12-11-16-7-3-4-8-17(16)13-18)15(2)30(29-14)24-26-23-22(27-28-24)19-9-5-6-10-20(19)25-23/h3-13,19-20H,1-2H3,(H,25,26,28). The summed E-state index contributed by atoms with van der Waals surface area (Å²) < 4.78 is 1.79. The molecule has 0 saturated heterocycles. The van der Waals surface area contributed by atoms with E-state index < -0.39 is 0 Å². The highest BCUT2D eigenvalue weighted by Crippen LogP contribution is 2.36. The Morgan fingerprint density at radius 3 is 2.67 bits per heavy atom. The Labute approximate surface area is 174 Å². The van der Waals surface area contributed by atoms with Gasteiger partial charge in [0.2, 0.25) is 0 Å². The van der Waals surface area contributed by atoms with E-state index in [2.05, 4.69) is 77.1 Å². The molecule has 0 bridgehead atoms. The Hall–Kier alpha value is -3.80. The smallest absolute Gasteiger partial charge is 0.272 e. The van der Waals surface area contributed by atoms with Crippen LogP contribution in [0, 0.1) is 13.8 Å². The van der Waals surface area contributed by atoms with E-state index in [9.17, 15) is 0 Å². The summed E-state index contributed by atoms with van der Waals surface area (Å²) in [6, 6.07) is 15.1. The zero-order chi connectivity index (χ0) is 20.2. The lowest BCUT2D eigenvalue weighted by Gasteiger charge is -2.13. The molecule has 146 valence electrons. The Kier molecular flexibility index (Phi) is 3.62. The molecule has 6 nitrogen and oxygen atoms in total. The van der Waals surface area contributed by atoms with Crippen LogP contribution < -0.4 is 5.32 Å². The third-order valence-corrected chi connectivity index (χ3v) is 5.97. The number of nitrogens with one attached hydrogen (secondary N) is 1. The van der Waals surface area contributed by atoms with Crippen LogP contribution in [0.5, 0.6) is 0 Å². The van der Waals surface area contributed by atoms with Crippen molar-refractivity contribution in [3.05, 3.63) is 83.9 Å². The van der Waals surface area contributed by atoms with Crippen LogP contribution in [0.15, 0.2) is 66.8 Å². The summed E-state index contributed by atoms with van der Waals surface area (Å²) >= 11 is 0. The maximum Gasteiger partial charge on any atom is 0.272 e. The van der Waals surface area contributed by atoms with Gasteiger partial charge in [0.25, 0.3) is 5.95 Å². The maximum atomic E-state index is 4.75. The molecule has 0 amide bonds. The number of fused-ring (bicyclic) bond motifs is 4. The normalized spacial score (nSPS) is 19.0. The van der Waals surface area contributed by atoms with Gasteiger partial charge in [-0.15, -0.1) is 10.2 Å². The summed E-state index contributed by atoms with van der Waals surface area (Å²) in [5.41, 5.74) is 5.08. The average molecular weight is 392 g/mol. The molecule has 1 aliphatic carbocycles. The molecule has 2 atom stereocenters. The van der Waals surface area contributed by atoms with Crippen LogP contribution >= 0.6 is 0 Å². The monoisotopic (exact) mass is 392 g/mol. The first kappa shape index (κ1) is 17.1. The topological polar surface area (TPSA) is 68.5 Å². The second kappa shape index (κ2) is 6.35. The fourth-order valence-electron chi connectivity index (χ4n) is 4.51. The van der Waals surface area contributed by atoms with Gasteiger partial charge in [0.1, 0.15) is 5.69 Å². The Morgan fingerprint density at radius 1 is 0.933 bits per heavy atom.